The first-order chi connectivity index (χ1) is 16.7. The van der Waals surface area contributed by atoms with Gasteiger partial charge in [0.25, 0.3) is 0 Å². The molecule has 4 fully saturated rings. The van der Waals surface area contributed by atoms with Crippen molar-refractivity contribution in [2.24, 2.45) is 52.3 Å². The molecule has 0 aliphatic heterocycles. The monoisotopic (exact) mass is 510 g/mol. The Morgan fingerprint density at radius 1 is 1.00 bits per heavy atom. The van der Waals surface area contributed by atoms with E-state index in [4.69, 9.17) is 4.74 Å². The van der Waals surface area contributed by atoms with Crippen LogP contribution in [0.3, 0.4) is 0 Å². The third-order valence-corrected chi connectivity index (χ3v) is 12.0. The first kappa shape index (κ1) is 28.1. The number of carboxylic acid groups (broad SMARTS) is 1. The second-order valence-electron chi connectivity index (χ2n) is 14.0. The van der Waals surface area contributed by atoms with Crippen LogP contribution in [0.2, 0.25) is 0 Å². The molecule has 0 spiro atoms. The van der Waals surface area contributed by atoms with Gasteiger partial charge in [-0.1, -0.05) is 54.4 Å². The molecular formula is C29H50O7. The summed E-state index contributed by atoms with van der Waals surface area (Å²) in [6.07, 6.45) is 0.512. The molecule has 0 amide bonds. The molecule has 0 unspecified atom stereocenters. The van der Waals surface area contributed by atoms with Crippen molar-refractivity contribution in [1.29, 1.82) is 0 Å². The second kappa shape index (κ2) is 9.69. The average Bonchev–Trinajstić information content (AvgIpc) is 3.03. The predicted molar refractivity (Wildman–Crippen MR) is 136 cm³/mol. The van der Waals surface area contributed by atoms with E-state index in [0.29, 0.717) is 43.4 Å². The van der Waals surface area contributed by atoms with Gasteiger partial charge in [0.05, 0.1) is 23.9 Å². The number of fused-ring (bicyclic) bond motifs is 5. The molecule has 0 aromatic heterocycles. The molecule has 4 aliphatic rings. The molecule has 36 heavy (non-hydrogen) atoms. The Bertz CT molecular complexity index is 817. The number of ether oxygens (including phenoxy) is 1. The first-order valence-electron chi connectivity index (χ1n) is 14.3. The molecule has 7 heteroatoms. The molecule has 4 rings (SSSR count). The van der Waals surface area contributed by atoms with E-state index < -0.39 is 41.6 Å². The summed E-state index contributed by atoms with van der Waals surface area (Å²) in [5.41, 5.74) is -2.64. The zero-order chi connectivity index (χ0) is 26.8. The lowest BCUT2D eigenvalue weighted by atomic mass is 9.41. The third-order valence-electron chi connectivity index (χ3n) is 12.0. The van der Waals surface area contributed by atoms with Crippen molar-refractivity contribution in [3.63, 3.8) is 0 Å². The molecule has 0 aromatic rings. The quantitative estimate of drug-likeness (QED) is 0.334. The fraction of sp³-hybridized carbons (Fsp3) is 0.966. The van der Waals surface area contributed by atoms with E-state index in [2.05, 4.69) is 34.6 Å². The molecule has 13 atom stereocenters. The molecule has 0 heterocycles. The summed E-state index contributed by atoms with van der Waals surface area (Å²) >= 11 is 0. The lowest BCUT2D eigenvalue weighted by Crippen LogP contribution is -2.71. The van der Waals surface area contributed by atoms with Crippen LogP contribution in [0.4, 0.5) is 4.79 Å². The van der Waals surface area contributed by atoms with E-state index in [0.717, 1.165) is 12.8 Å². The van der Waals surface area contributed by atoms with Crippen LogP contribution < -0.4 is 0 Å². The molecule has 0 bridgehead atoms. The number of hydrogen-bond acceptors (Lipinski definition) is 6. The summed E-state index contributed by atoms with van der Waals surface area (Å²) in [7, 11) is 0. The van der Waals surface area contributed by atoms with E-state index >= 15 is 0 Å². The summed E-state index contributed by atoms with van der Waals surface area (Å²) in [4.78, 5) is 11.9. The van der Waals surface area contributed by atoms with Gasteiger partial charge in [0.15, 0.2) is 0 Å². The largest absolute Gasteiger partial charge is 0.506 e. The van der Waals surface area contributed by atoms with E-state index in [1.165, 1.54) is 0 Å². The van der Waals surface area contributed by atoms with Gasteiger partial charge < -0.3 is 30.3 Å². The minimum absolute atomic E-state index is 0.0753. The van der Waals surface area contributed by atoms with E-state index in [1.54, 1.807) is 0 Å². The highest BCUT2D eigenvalue weighted by Gasteiger charge is 2.71. The number of aliphatic hydroxyl groups excluding tert-OH is 3. The Balaban J connectivity index is 1.70. The Morgan fingerprint density at radius 3 is 2.28 bits per heavy atom. The zero-order valence-corrected chi connectivity index (χ0v) is 23.1. The Labute approximate surface area is 216 Å². The van der Waals surface area contributed by atoms with E-state index in [-0.39, 0.29) is 41.9 Å². The van der Waals surface area contributed by atoms with Gasteiger partial charge in [-0.15, -0.1) is 0 Å². The van der Waals surface area contributed by atoms with Gasteiger partial charge in [-0.25, -0.2) is 4.79 Å². The summed E-state index contributed by atoms with van der Waals surface area (Å²) in [5, 5.41) is 54.7. The number of hydrogen-bond donors (Lipinski definition) is 5. The molecule has 0 aromatic carbocycles. The van der Waals surface area contributed by atoms with Gasteiger partial charge in [-0.05, 0) is 73.0 Å². The maximum Gasteiger partial charge on any atom is 0.506 e. The number of carbonyl (C=O) groups is 1. The molecule has 4 saturated carbocycles. The fourth-order valence-corrected chi connectivity index (χ4v) is 9.65. The maximum atomic E-state index is 11.9. The van der Waals surface area contributed by atoms with Crippen LogP contribution in [-0.2, 0) is 4.74 Å². The van der Waals surface area contributed by atoms with Crippen LogP contribution >= 0.6 is 0 Å². The zero-order valence-electron chi connectivity index (χ0n) is 23.1. The summed E-state index contributed by atoms with van der Waals surface area (Å²) < 4.78 is 5.63. The van der Waals surface area contributed by atoms with Crippen LogP contribution in [0.5, 0.6) is 0 Å². The molecule has 0 radical (unpaired) electrons. The van der Waals surface area contributed by atoms with Gasteiger partial charge in [0, 0.05) is 17.8 Å². The minimum Gasteiger partial charge on any atom is -0.450 e. The third kappa shape index (κ3) is 4.30. The van der Waals surface area contributed by atoms with Crippen molar-refractivity contribution in [3.05, 3.63) is 0 Å². The molecule has 208 valence electrons. The van der Waals surface area contributed by atoms with Gasteiger partial charge in [-0.3, -0.25) is 0 Å². The fourth-order valence-electron chi connectivity index (χ4n) is 9.65. The molecule has 7 nitrogen and oxygen atoms in total. The van der Waals surface area contributed by atoms with Crippen molar-refractivity contribution in [2.45, 2.75) is 123 Å². The second-order valence-corrected chi connectivity index (χ2v) is 14.0. The Kier molecular flexibility index (Phi) is 7.57. The van der Waals surface area contributed by atoms with E-state index in [9.17, 15) is 30.3 Å². The highest BCUT2D eigenvalue weighted by atomic mass is 16.7. The van der Waals surface area contributed by atoms with Gasteiger partial charge in [0.2, 0.25) is 0 Å². The van der Waals surface area contributed by atoms with Crippen LogP contribution in [0.1, 0.15) is 92.9 Å². The highest BCUT2D eigenvalue weighted by Crippen LogP contribution is 2.69. The summed E-state index contributed by atoms with van der Waals surface area (Å²) in [5.74, 6) is 1.28. The highest BCUT2D eigenvalue weighted by molar-refractivity contribution is 5.57. The van der Waals surface area contributed by atoms with Crippen molar-refractivity contribution in [1.82, 2.24) is 0 Å². The molecule has 4 aliphatic carbocycles. The van der Waals surface area contributed by atoms with Crippen LogP contribution in [0, 0.1) is 52.3 Å². The van der Waals surface area contributed by atoms with Crippen LogP contribution in [0.25, 0.3) is 0 Å². The normalized spacial score (nSPS) is 50.1. The Morgan fingerprint density at radius 2 is 1.67 bits per heavy atom. The lowest BCUT2D eigenvalue weighted by Gasteiger charge is -2.66. The predicted octanol–water partition coefficient (Wildman–Crippen LogP) is 4.44. The lowest BCUT2D eigenvalue weighted by molar-refractivity contribution is -0.286. The SMILES string of the molecule is CC(C)[C@@H](C)CC[C@@H](C)[C@H]1C[C@H](O)[C@H]2[C@@H]3C[C@@H](O)[C@@]4(O)C[C@@H](O)CC[C@]4(C)[C@H]3[C@H](OC(=O)O)C[C@@]21C. The van der Waals surface area contributed by atoms with Gasteiger partial charge in [0.1, 0.15) is 6.10 Å². The Hall–Kier alpha value is -0.890. The van der Waals surface area contributed by atoms with Crippen LogP contribution in [-0.4, -0.2) is 61.7 Å². The molecule has 0 saturated heterocycles. The molecule has 5 N–H and O–H groups in total. The summed E-state index contributed by atoms with van der Waals surface area (Å²) in [6.45, 7) is 13.2. The topological polar surface area (TPSA) is 127 Å². The average molecular weight is 511 g/mol. The van der Waals surface area contributed by atoms with Crippen molar-refractivity contribution in [2.75, 3.05) is 0 Å². The van der Waals surface area contributed by atoms with Crippen molar-refractivity contribution < 1.29 is 35.1 Å². The van der Waals surface area contributed by atoms with Gasteiger partial charge in [-0.2, -0.15) is 0 Å². The van der Waals surface area contributed by atoms with Crippen molar-refractivity contribution in [3.8, 4) is 0 Å². The molecular weight excluding hydrogens is 460 g/mol. The standard InChI is InChI=1S/C29H50O7/c1-15(2)16(3)7-8-17(4)20-12-21(31)24-19-11-23(32)29(35)13-18(30)9-10-28(29,6)25(19)22(36-26(33)34)14-27(20,24)5/h15-25,30-32,35H,7-14H2,1-6H3,(H,33,34)/t16-,17+,18-,19-,20+,21-,22+,23+,24+,25+,27+,28+,29-/m0/s1. The van der Waals surface area contributed by atoms with Gasteiger partial charge >= 0.3 is 6.16 Å². The number of rotatable bonds is 6. The summed E-state index contributed by atoms with van der Waals surface area (Å²) in [6, 6.07) is 0. The smallest absolute Gasteiger partial charge is 0.450 e. The van der Waals surface area contributed by atoms with E-state index in [1.807, 2.05) is 6.92 Å². The first-order valence-corrected chi connectivity index (χ1v) is 14.3. The maximum absolute atomic E-state index is 11.9. The van der Waals surface area contributed by atoms with Crippen LogP contribution in [0.15, 0.2) is 0 Å². The van der Waals surface area contributed by atoms with Crippen molar-refractivity contribution >= 4 is 6.16 Å². The number of aliphatic hydroxyl groups is 4. The minimum atomic E-state index is -1.51.